The Morgan fingerprint density at radius 2 is 1.37 bits per heavy atom. The van der Waals surface area contributed by atoms with Crippen LogP contribution in [0.15, 0.2) is 94.2 Å². The third kappa shape index (κ3) is 2.75. The zero-order valence-electron chi connectivity index (χ0n) is 15.6. The number of para-hydroxylation sites is 2. The van der Waals surface area contributed by atoms with Crippen molar-refractivity contribution >= 4 is 23.1 Å². The van der Waals surface area contributed by atoms with Crippen molar-refractivity contribution in [1.82, 2.24) is 14.3 Å². The van der Waals surface area contributed by atoms with E-state index in [0.717, 1.165) is 0 Å². The van der Waals surface area contributed by atoms with Gasteiger partial charge in [-0.15, -0.1) is 0 Å². The summed E-state index contributed by atoms with van der Waals surface area (Å²) in [6.45, 7) is 0. The molecule has 5 rings (SSSR count). The molecule has 0 bridgehead atoms. The van der Waals surface area contributed by atoms with Crippen LogP contribution in [0.25, 0.3) is 33.6 Å². The van der Waals surface area contributed by atoms with E-state index in [1.54, 1.807) is 36.4 Å². The monoisotopic (exact) mass is 413 g/mol. The van der Waals surface area contributed by atoms with Crippen molar-refractivity contribution in [2.24, 2.45) is 0 Å². The van der Waals surface area contributed by atoms with Crippen LogP contribution in [0, 0.1) is 4.77 Å². The summed E-state index contributed by atoms with van der Waals surface area (Å²) in [6.07, 6.45) is 0. The number of aromatic hydroxyl groups is 1. The number of fused-ring (bicyclic) bond motifs is 1. The zero-order chi connectivity index (χ0) is 20.7. The fraction of sp³-hybridized carbons (Fsp3) is 0. The molecule has 3 aromatic carbocycles. The van der Waals surface area contributed by atoms with Crippen LogP contribution >= 0.6 is 12.2 Å². The van der Waals surface area contributed by atoms with Gasteiger partial charge in [-0.25, -0.2) is 0 Å². The van der Waals surface area contributed by atoms with Gasteiger partial charge in [0.05, 0.1) is 16.8 Å². The summed E-state index contributed by atoms with van der Waals surface area (Å²) in [5, 5.41) is 15.9. The van der Waals surface area contributed by atoms with Crippen molar-refractivity contribution in [2.75, 3.05) is 0 Å². The van der Waals surface area contributed by atoms with Crippen molar-refractivity contribution < 1.29 is 9.63 Å². The summed E-state index contributed by atoms with van der Waals surface area (Å²) < 4.78 is 8.49. The second-order valence-corrected chi connectivity index (χ2v) is 7.02. The van der Waals surface area contributed by atoms with Crippen molar-refractivity contribution in [3.63, 3.8) is 0 Å². The summed E-state index contributed by atoms with van der Waals surface area (Å²) in [5.74, 6) is -0.109. The average Bonchev–Trinajstić information content (AvgIpc) is 3.19. The van der Waals surface area contributed by atoms with E-state index >= 15 is 0 Å². The average molecular weight is 413 g/mol. The molecule has 0 saturated carbocycles. The molecular formula is C23H15N3O3S. The zero-order valence-corrected chi connectivity index (χ0v) is 16.4. The summed E-state index contributed by atoms with van der Waals surface area (Å²) in [7, 11) is 0. The quantitative estimate of drug-likeness (QED) is 0.427. The fourth-order valence-electron chi connectivity index (χ4n) is 3.48. The number of hydrogen-bond acceptors (Lipinski definition) is 5. The first-order chi connectivity index (χ1) is 14.7. The van der Waals surface area contributed by atoms with Gasteiger partial charge in [0.1, 0.15) is 11.1 Å². The number of benzene rings is 3. The van der Waals surface area contributed by atoms with Crippen LogP contribution in [0.1, 0.15) is 0 Å². The largest absolute Gasteiger partial charge is 0.493 e. The first kappa shape index (κ1) is 18.1. The lowest BCUT2D eigenvalue weighted by Crippen LogP contribution is -2.25. The molecule has 0 atom stereocenters. The maximum absolute atomic E-state index is 13.6. The van der Waals surface area contributed by atoms with Crippen molar-refractivity contribution in [2.45, 2.75) is 0 Å². The highest BCUT2D eigenvalue weighted by Crippen LogP contribution is 2.34. The van der Waals surface area contributed by atoms with Crippen molar-refractivity contribution in [3.8, 4) is 28.6 Å². The van der Waals surface area contributed by atoms with Crippen LogP contribution in [-0.2, 0) is 0 Å². The van der Waals surface area contributed by atoms with E-state index in [0.29, 0.717) is 22.3 Å². The van der Waals surface area contributed by atoms with E-state index in [2.05, 4.69) is 5.16 Å². The summed E-state index contributed by atoms with van der Waals surface area (Å²) in [5.41, 5.74) is 1.30. The van der Waals surface area contributed by atoms with Crippen LogP contribution in [-0.4, -0.2) is 19.4 Å². The third-order valence-corrected chi connectivity index (χ3v) is 5.24. The Hall–Kier alpha value is -3.97. The molecule has 0 fully saturated rings. The maximum Gasteiger partial charge on any atom is 0.274 e. The third-order valence-electron chi connectivity index (χ3n) is 4.87. The SMILES string of the molecule is O=c1c(-c2onc3ccccc23)c(O)n(-c2ccccc2)c(=S)n1-c1ccccc1. The van der Waals surface area contributed by atoms with Crippen molar-refractivity contribution in [3.05, 3.63) is 100 Å². The van der Waals surface area contributed by atoms with Gasteiger partial charge < -0.3 is 9.63 Å². The van der Waals surface area contributed by atoms with E-state index in [9.17, 15) is 9.90 Å². The minimum atomic E-state index is -0.488. The Balaban J connectivity index is 1.95. The lowest BCUT2D eigenvalue weighted by Gasteiger charge is -2.17. The second kappa shape index (κ2) is 7.13. The molecule has 0 amide bonds. The molecule has 0 spiro atoms. The van der Waals surface area contributed by atoms with Crippen molar-refractivity contribution in [1.29, 1.82) is 0 Å². The molecule has 0 aliphatic heterocycles. The van der Waals surface area contributed by atoms with E-state index < -0.39 is 5.56 Å². The predicted molar refractivity (Wildman–Crippen MR) is 117 cm³/mol. The van der Waals surface area contributed by atoms with Gasteiger partial charge in [0, 0.05) is 0 Å². The summed E-state index contributed by atoms with van der Waals surface area (Å²) in [6, 6.07) is 25.4. The highest BCUT2D eigenvalue weighted by Gasteiger charge is 2.25. The van der Waals surface area contributed by atoms with Gasteiger partial charge in [0.25, 0.3) is 5.56 Å². The number of hydrogen-bond donors (Lipinski definition) is 1. The van der Waals surface area contributed by atoms with E-state index in [1.807, 2.05) is 48.5 Å². The number of aromatic nitrogens is 3. The topological polar surface area (TPSA) is 73.2 Å². The van der Waals surface area contributed by atoms with Gasteiger partial charge >= 0.3 is 0 Å². The molecule has 2 heterocycles. The Morgan fingerprint density at radius 1 is 0.800 bits per heavy atom. The Kier molecular flexibility index (Phi) is 4.30. The molecular weight excluding hydrogens is 398 g/mol. The molecule has 5 aromatic rings. The van der Waals surface area contributed by atoms with Crippen LogP contribution in [0.5, 0.6) is 5.88 Å². The summed E-state index contributed by atoms with van der Waals surface area (Å²) in [4.78, 5) is 13.6. The Bertz CT molecular complexity index is 1490. The van der Waals surface area contributed by atoms with Gasteiger partial charge in [-0.2, -0.15) is 0 Å². The first-order valence-corrected chi connectivity index (χ1v) is 9.64. The normalized spacial score (nSPS) is 11.1. The molecule has 0 aliphatic carbocycles. The molecule has 1 N–H and O–H groups in total. The van der Waals surface area contributed by atoms with E-state index in [-0.39, 0.29) is 22.0 Å². The fourth-order valence-corrected chi connectivity index (χ4v) is 3.86. The molecule has 30 heavy (non-hydrogen) atoms. The lowest BCUT2D eigenvalue weighted by molar-refractivity contribution is 0.416. The lowest BCUT2D eigenvalue weighted by atomic mass is 10.1. The molecule has 0 radical (unpaired) electrons. The van der Waals surface area contributed by atoms with E-state index in [4.69, 9.17) is 16.7 Å². The van der Waals surface area contributed by atoms with Gasteiger partial charge in [0.15, 0.2) is 10.5 Å². The van der Waals surface area contributed by atoms with Gasteiger partial charge in [-0.1, -0.05) is 53.7 Å². The molecule has 6 nitrogen and oxygen atoms in total. The molecule has 7 heteroatoms. The Morgan fingerprint density at radius 3 is 2.03 bits per heavy atom. The minimum absolute atomic E-state index is 0.00925. The van der Waals surface area contributed by atoms with Crippen LogP contribution in [0.3, 0.4) is 0 Å². The molecule has 146 valence electrons. The van der Waals surface area contributed by atoms with Crippen LogP contribution < -0.4 is 5.56 Å². The van der Waals surface area contributed by atoms with Gasteiger partial charge in [-0.3, -0.25) is 13.9 Å². The molecule has 0 saturated heterocycles. The second-order valence-electron chi connectivity index (χ2n) is 6.66. The Labute approximate surface area is 175 Å². The van der Waals surface area contributed by atoms with Gasteiger partial charge in [0.2, 0.25) is 5.88 Å². The standard InChI is InChI=1S/C23H15N3O3S/c27-21-19(20-17-13-7-8-14-18(17)24-29-20)22(28)26(16-11-5-2-6-12-16)23(30)25(21)15-9-3-1-4-10-15/h1-14,27H. The molecule has 0 aliphatic rings. The van der Waals surface area contributed by atoms with E-state index in [1.165, 1.54) is 9.13 Å². The van der Waals surface area contributed by atoms with Crippen LogP contribution in [0.2, 0.25) is 0 Å². The predicted octanol–water partition coefficient (Wildman–Crippen LogP) is 4.87. The van der Waals surface area contributed by atoms with Crippen LogP contribution in [0.4, 0.5) is 0 Å². The smallest absolute Gasteiger partial charge is 0.274 e. The first-order valence-electron chi connectivity index (χ1n) is 9.23. The number of nitrogens with zero attached hydrogens (tertiary/aromatic N) is 3. The highest BCUT2D eigenvalue weighted by atomic mass is 32.1. The van der Waals surface area contributed by atoms with Gasteiger partial charge in [-0.05, 0) is 48.6 Å². The molecule has 0 unspecified atom stereocenters. The maximum atomic E-state index is 13.6. The number of rotatable bonds is 3. The minimum Gasteiger partial charge on any atom is -0.493 e. The highest BCUT2D eigenvalue weighted by molar-refractivity contribution is 7.71. The summed E-state index contributed by atoms with van der Waals surface area (Å²) >= 11 is 5.64. The molecule has 2 aromatic heterocycles.